The average Bonchev–Trinajstić information content (AvgIpc) is 1.81. The SMILES string of the molecule is CC(O)C[C@@H]1O[C@H](C)C[C@H](O)O1. The smallest absolute Gasteiger partial charge is 0.163 e. The molecule has 72 valence electrons. The fourth-order valence-electron chi connectivity index (χ4n) is 1.25. The first-order valence-corrected chi connectivity index (χ1v) is 4.25. The van der Waals surface area contributed by atoms with Crippen molar-refractivity contribution in [3.63, 3.8) is 0 Å². The monoisotopic (exact) mass is 176 g/mol. The van der Waals surface area contributed by atoms with E-state index in [4.69, 9.17) is 14.6 Å². The lowest BCUT2D eigenvalue weighted by atomic mass is 10.2. The van der Waals surface area contributed by atoms with E-state index in [1.54, 1.807) is 6.92 Å². The third kappa shape index (κ3) is 3.06. The highest BCUT2D eigenvalue weighted by atomic mass is 16.7. The van der Waals surface area contributed by atoms with Crippen LogP contribution in [0.4, 0.5) is 0 Å². The number of hydrogen-bond acceptors (Lipinski definition) is 4. The summed E-state index contributed by atoms with van der Waals surface area (Å²) in [6.45, 7) is 3.54. The van der Waals surface area contributed by atoms with E-state index in [2.05, 4.69) is 0 Å². The third-order valence-corrected chi connectivity index (χ3v) is 1.76. The van der Waals surface area contributed by atoms with Crippen LogP contribution in [0.15, 0.2) is 0 Å². The summed E-state index contributed by atoms with van der Waals surface area (Å²) in [5.74, 6) is 0. The van der Waals surface area contributed by atoms with E-state index in [-0.39, 0.29) is 6.10 Å². The Morgan fingerprint density at radius 3 is 2.67 bits per heavy atom. The second-order valence-corrected chi connectivity index (χ2v) is 3.29. The summed E-state index contributed by atoms with van der Waals surface area (Å²) in [7, 11) is 0. The van der Waals surface area contributed by atoms with Crippen molar-refractivity contribution < 1.29 is 19.7 Å². The van der Waals surface area contributed by atoms with Crippen molar-refractivity contribution in [2.45, 2.75) is 51.5 Å². The van der Waals surface area contributed by atoms with Crippen molar-refractivity contribution in [3.05, 3.63) is 0 Å². The van der Waals surface area contributed by atoms with Gasteiger partial charge in [0.25, 0.3) is 0 Å². The molecule has 1 rings (SSSR count). The summed E-state index contributed by atoms with van der Waals surface area (Å²) >= 11 is 0. The van der Waals surface area contributed by atoms with Gasteiger partial charge in [0, 0.05) is 12.8 Å². The summed E-state index contributed by atoms with van der Waals surface area (Å²) in [4.78, 5) is 0. The van der Waals surface area contributed by atoms with Crippen LogP contribution in [0.25, 0.3) is 0 Å². The second kappa shape index (κ2) is 4.18. The molecule has 12 heavy (non-hydrogen) atoms. The maximum absolute atomic E-state index is 9.18. The molecule has 0 radical (unpaired) electrons. The van der Waals surface area contributed by atoms with E-state index in [1.165, 1.54) is 0 Å². The average molecular weight is 176 g/mol. The minimum atomic E-state index is -0.752. The van der Waals surface area contributed by atoms with Crippen LogP contribution >= 0.6 is 0 Å². The predicted molar refractivity (Wildman–Crippen MR) is 42.3 cm³/mol. The third-order valence-electron chi connectivity index (χ3n) is 1.76. The number of hydrogen-bond donors (Lipinski definition) is 2. The van der Waals surface area contributed by atoms with Crippen LogP contribution < -0.4 is 0 Å². The Kier molecular flexibility index (Phi) is 3.46. The predicted octanol–water partition coefficient (Wildman–Crippen LogP) is 0.227. The van der Waals surface area contributed by atoms with Crippen molar-refractivity contribution >= 4 is 0 Å². The molecule has 4 nitrogen and oxygen atoms in total. The number of rotatable bonds is 2. The summed E-state index contributed by atoms with van der Waals surface area (Å²) in [6, 6.07) is 0. The molecule has 1 aliphatic heterocycles. The Labute approximate surface area is 72.1 Å². The largest absolute Gasteiger partial charge is 0.393 e. The summed E-state index contributed by atoms with van der Waals surface area (Å²) in [5.41, 5.74) is 0. The first-order chi connectivity index (χ1) is 5.58. The van der Waals surface area contributed by atoms with Gasteiger partial charge in [-0.15, -0.1) is 0 Å². The minimum Gasteiger partial charge on any atom is -0.393 e. The van der Waals surface area contributed by atoms with Crippen LogP contribution in [0.5, 0.6) is 0 Å². The van der Waals surface area contributed by atoms with Crippen LogP contribution in [0.3, 0.4) is 0 Å². The zero-order valence-corrected chi connectivity index (χ0v) is 7.43. The van der Waals surface area contributed by atoms with Gasteiger partial charge < -0.3 is 19.7 Å². The fourth-order valence-corrected chi connectivity index (χ4v) is 1.25. The molecule has 0 spiro atoms. The van der Waals surface area contributed by atoms with Gasteiger partial charge in [0.15, 0.2) is 12.6 Å². The highest BCUT2D eigenvalue weighted by molar-refractivity contribution is 4.63. The lowest BCUT2D eigenvalue weighted by molar-refractivity contribution is -0.295. The van der Waals surface area contributed by atoms with Gasteiger partial charge in [0.1, 0.15) is 0 Å². The van der Waals surface area contributed by atoms with Crippen molar-refractivity contribution in [2.75, 3.05) is 0 Å². The number of aliphatic hydroxyl groups is 2. The molecule has 0 bridgehead atoms. The van der Waals surface area contributed by atoms with E-state index in [0.717, 1.165) is 0 Å². The molecule has 0 aromatic carbocycles. The highest BCUT2D eigenvalue weighted by Gasteiger charge is 2.26. The van der Waals surface area contributed by atoms with Gasteiger partial charge in [-0.05, 0) is 13.8 Å². The summed E-state index contributed by atoms with van der Waals surface area (Å²) < 4.78 is 10.4. The van der Waals surface area contributed by atoms with Gasteiger partial charge in [0.2, 0.25) is 0 Å². The number of aliphatic hydroxyl groups excluding tert-OH is 2. The zero-order valence-electron chi connectivity index (χ0n) is 7.43. The first kappa shape index (κ1) is 9.92. The minimum absolute atomic E-state index is 0.00231. The van der Waals surface area contributed by atoms with Crippen LogP contribution in [-0.2, 0) is 9.47 Å². The molecular formula is C8H16O4. The van der Waals surface area contributed by atoms with Crippen LogP contribution in [0.1, 0.15) is 26.7 Å². The van der Waals surface area contributed by atoms with E-state index in [1.807, 2.05) is 6.92 Å². The molecule has 1 unspecified atom stereocenters. The van der Waals surface area contributed by atoms with Gasteiger partial charge in [-0.2, -0.15) is 0 Å². The van der Waals surface area contributed by atoms with Gasteiger partial charge >= 0.3 is 0 Å². The highest BCUT2D eigenvalue weighted by Crippen LogP contribution is 2.19. The molecule has 1 heterocycles. The molecule has 1 aliphatic rings. The van der Waals surface area contributed by atoms with Crippen molar-refractivity contribution in [1.29, 1.82) is 0 Å². The van der Waals surface area contributed by atoms with E-state index in [0.29, 0.717) is 12.8 Å². The molecule has 0 aromatic heterocycles. The summed E-state index contributed by atoms with van der Waals surface area (Å²) in [6.07, 6.45) is -0.788. The van der Waals surface area contributed by atoms with Gasteiger partial charge in [-0.25, -0.2) is 0 Å². The van der Waals surface area contributed by atoms with Crippen molar-refractivity contribution in [1.82, 2.24) is 0 Å². The molecule has 4 atom stereocenters. The first-order valence-electron chi connectivity index (χ1n) is 4.25. The maximum atomic E-state index is 9.18. The molecular weight excluding hydrogens is 160 g/mol. The standard InChI is InChI=1S/C8H16O4/c1-5(9)3-8-11-6(2)4-7(10)12-8/h5-10H,3-4H2,1-2H3/t5?,6-,7-,8-/m1/s1. The lowest BCUT2D eigenvalue weighted by Crippen LogP contribution is -2.38. The second-order valence-electron chi connectivity index (χ2n) is 3.29. The lowest BCUT2D eigenvalue weighted by Gasteiger charge is -2.32. The van der Waals surface area contributed by atoms with Crippen LogP contribution in [-0.4, -0.2) is 35.0 Å². The topological polar surface area (TPSA) is 58.9 Å². The van der Waals surface area contributed by atoms with E-state index in [9.17, 15) is 5.11 Å². The van der Waals surface area contributed by atoms with Crippen molar-refractivity contribution in [3.8, 4) is 0 Å². The Morgan fingerprint density at radius 1 is 1.50 bits per heavy atom. The molecule has 0 aromatic rings. The molecule has 4 heteroatoms. The van der Waals surface area contributed by atoms with Crippen molar-refractivity contribution in [2.24, 2.45) is 0 Å². The van der Waals surface area contributed by atoms with Gasteiger partial charge in [-0.1, -0.05) is 0 Å². The molecule has 1 fully saturated rings. The normalized spacial score (nSPS) is 39.5. The molecule has 0 saturated carbocycles. The molecule has 1 saturated heterocycles. The Bertz CT molecular complexity index is 124. The zero-order chi connectivity index (χ0) is 9.14. The molecule has 2 N–H and O–H groups in total. The van der Waals surface area contributed by atoms with E-state index >= 15 is 0 Å². The number of ether oxygens (including phenoxy) is 2. The van der Waals surface area contributed by atoms with Gasteiger partial charge in [-0.3, -0.25) is 0 Å². The van der Waals surface area contributed by atoms with E-state index < -0.39 is 18.7 Å². The molecule has 0 aliphatic carbocycles. The Morgan fingerprint density at radius 2 is 2.17 bits per heavy atom. The Balaban J connectivity index is 2.34. The van der Waals surface area contributed by atoms with Crippen LogP contribution in [0.2, 0.25) is 0 Å². The van der Waals surface area contributed by atoms with Gasteiger partial charge in [0.05, 0.1) is 12.2 Å². The summed E-state index contributed by atoms with van der Waals surface area (Å²) in [5, 5.41) is 18.2. The maximum Gasteiger partial charge on any atom is 0.163 e. The van der Waals surface area contributed by atoms with Crippen LogP contribution in [0, 0.1) is 0 Å². The molecule has 0 amide bonds. The quantitative estimate of drug-likeness (QED) is 0.632. The Hall–Kier alpha value is -0.160. The fraction of sp³-hybridized carbons (Fsp3) is 1.00.